The van der Waals surface area contributed by atoms with E-state index >= 15 is 0 Å². The number of aryl methyl sites for hydroxylation is 1. The number of carbonyl (C=O) groups excluding carboxylic acids is 1. The van der Waals surface area contributed by atoms with Gasteiger partial charge in [-0.3, -0.25) is 0 Å². The molecule has 1 aliphatic heterocycles. The largest absolute Gasteiger partial charge is 0.462 e. The number of anilines is 1. The molecule has 1 aromatic rings. The fraction of sp³-hybridized carbons (Fsp3) is 0.667. The molecule has 2 N–H and O–H groups in total. The normalized spacial score (nSPS) is 21.9. The van der Waals surface area contributed by atoms with Crippen molar-refractivity contribution < 1.29 is 9.53 Å². The van der Waals surface area contributed by atoms with E-state index in [0.29, 0.717) is 23.8 Å². The maximum atomic E-state index is 11.7. The Morgan fingerprint density at radius 2 is 2.38 bits per heavy atom. The lowest BCUT2D eigenvalue weighted by Crippen LogP contribution is -2.42. The zero-order valence-electron chi connectivity index (χ0n) is 13.0. The number of esters is 1. The second kappa shape index (κ2) is 6.85. The van der Waals surface area contributed by atoms with Gasteiger partial charge in [0.05, 0.1) is 17.9 Å². The Hall–Kier alpha value is -1.69. The molecule has 0 spiro atoms. The summed E-state index contributed by atoms with van der Waals surface area (Å²) in [7, 11) is 0. The van der Waals surface area contributed by atoms with E-state index in [4.69, 9.17) is 4.74 Å². The van der Waals surface area contributed by atoms with Crippen molar-refractivity contribution in [3.63, 3.8) is 0 Å². The summed E-state index contributed by atoms with van der Waals surface area (Å²) in [6.45, 7) is 9.10. The van der Waals surface area contributed by atoms with Crippen molar-refractivity contribution in [2.45, 2.75) is 33.6 Å². The quantitative estimate of drug-likeness (QED) is 0.805. The summed E-state index contributed by atoms with van der Waals surface area (Å²) >= 11 is 0. The molecule has 21 heavy (non-hydrogen) atoms. The number of nitrogens with zero attached hydrogens (tertiary/aromatic N) is 2. The Balaban J connectivity index is 1.98. The van der Waals surface area contributed by atoms with Crippen LogP contribution in [0, 0.1) is 12.3 Å². The van der Waals surface area contributed by atoms with E-state index in [1.165, 1.54) is 19.0 Å². The molecule has 0 aromatic carbocycles. The van der Waals surface area contributed by atoms with Gasteiger partial charge in [-0.05, 0) is 38.6 Å². The first-order valence-electron chi connectivity index (χ1n) is 7.49. The minimum atomic E-state index is -0.370. The highest BCUT2D eigenvalue weighted by Gasteiger charge is 2.26. The zero-order chi connectivity index (χ0) is 15.3. The zero-order valence-corrected chi connectivity index (χ0v) is 13.0. The number of rotatable bonds is 5. The van der Waals surface area contributed by atoms with Gasteiger partial charge in [-0.15, -0.1) is 0 Å². The van der Waals surface area contributed by atoms with Gasteiger partial charge >= 0.3 is 5.97 Å². The number of ether oxygens (including phenoxy) is 1. The highest BCUT2D eigenvalue weighted by atomic mass is 16.5. The van der Waals surface area contributed by atoms with Gasteiger partial charge < -0.3 is 15.4 Å². The summed E-state index contributed by atoms with van der Waals surface area (Å²) in [6, 6.07) is 0. The van der Waals surface area contributed by atoms with E-state index in [0.717, 1.165) is 19.6 Å². The van der Waals surface area contributed by atoms with E-state index in [2.05, 4.69) is 27.5 Å². The van der Waals surface area contributed by atoms with E-state index < -0.39 is 0 Å². The lowest BCUT2D eigenvalue weighted by Gasteiger charge is -2.34. The van der Waals surface area contributed by atoms with E-state index in [1.807, 2.05) is 0 Å². The number of aromatic nitrogens is 2. The van der Waals surface area contributed by atoms with E-state index in [-0.39, 0.29) is 11.4 Å². The van der Waals surface area contributed by atoms with Crippen LogP contribution in [0.1, 0.15) is 42.7 Å². The highest BCUT2D eigenvalue weighted by molar-refractivity contribution is 5.90. The second-order valence-corrected chi connectivity index (χ2v) is 5.86. The number of piperidine rings is 1. The molecule has 1 atom stereocenters. The monoisotopic (exact) mass is 292 g/mol. The second-order valence-electron chi connectivity index (χ2n) is 5.86. The molecular weight excluding hydrogens is 268 g/mol. The molecule has 0 amide bonds. The predicted octanol–water partition coefficient (Wildman–Crippen LogP) is 1.76. The number of nitrogens with one attached hydrogen (secondary N) is 2. The first-order valence-corrected chi connectivity index (χ1v) is 7.49. The van der Waals surface area contributed by atoms with Gasteiger partial charge in [-0.25, -0.2) is 14.8 Å². The van der Waals surface area contributed by atoms with Gasteiger partial charge in [-0.2, -0.15) is 0 Å². The lowest BCUT2D eigenvalue weighted by atomic mass is 9.83. The SMILES string of the molecule is CCOC(=O)c1cnc(NCC2(C)CCCNC2)nc1C. The van der Waals surface area contributed by atoms with Gasteiger partial charge in [-0.1, -0.05) is 6.92 Å². The van der Waals surface area contributed by atoms with Gasteiger partial charge in [0.15, 0.2) is 0 Å². The van der Waals surface area contributed by atoms with Crippen LogP contribution < -0.4 is 10.6 Å². The van der Waals surface area contributed by atoms with Crippen LogP contribution in [0.15, 0.2) is 6.20 Å². The maximum Gasteiger partial charge on any atom is 0.341 e. The average Bonchev–Trinajstić information content (AvgIpc) is 2.46. The molecule has 0 saturated carbocycles. The molecule has 0 radical (unpaired) electrons. The molecule has 6 heteroatoms. The Kier molecular flexibility index (Phi) is 5.12. The maximum absolute atomic E-state index is 11.7. The molecule has 1 aliphatic rings. The summed E-state index contributed by atoms with van der Waals surface area (Å²) in [6.07, 6.45) is 3.91. The summed E-state index contributed by atoms with van der Waals surface area (Å²) < 4.78 is 4.97. The van der Waals surface area contributed by atoms with Crippen LogP contribution in [0.4, 0.5) is 5.95 Å². The molecule has 6 nitrogen and oxygen atoms in total. The Morgan fingerprint density at radius 3 is 3.00 bits per heavy atom. The van der Waals surface area contributed by atoms with Crippen LogP contribution in [0.2, 0.25) is 0 Å². The van der Waals surface area contributed by atoms with Gasteiger partial charge in [0.25, 0.3) is 0 Å². The fourth-order valence-electron chi connectivity index (χ4n) is 2.52. The molecule has 2 rings (SSSR count). The highest BCUT2D eigenvalue weighted by Crippen LogP contribution is 2.25. The first-order chi connectivity index (χ1) is 10.0. The third-order valence-corrected chi connectivity index (χ3v) is 3.83. The Labute approximate surface area is 125 Å². The van der Waals surface area contributed by atoms with Crippen LogP contribution in [0.5, 0.6) is 0 Å². The summed E-state index contributed by atoms with van der Waals surface area (Å²) in [5, 5.41) is 6.70. The smallest absolute Gasteiger partial charge is 0.341 e. The van der Waals surface area contributed by atoms with Crippen molar-refractivity contribution in [2.24, 2.45) is 5.41 Å². The standard InChI is InChI=1S/C15H24N4O2/c1-4-21-13(20)12-8-17-14(19-11(12)2)18-10-15(3)6-5-7-16-9-15/h8,16H,4-7,9-10H2,1-3H3,(H,17,18,19). The molecule has 0 bridgehead atoms. The van der Waals surface area contributed by atoms with Gasteiger partial charge in [0, 0.05) is 19.3 Å². The summed E-state index contributed by atoms with van der Waals surface area (Å²) in [5.41, 5.74) is 1.28. The Bertz CT molecular complexity index is 498. The predicted molar refractivity (Wildman–Crippen MR) is 81.4 cm³/mol. The summed E-state index contributed by atoms with van der Waals surface area (Å²) in [5.74, 6) is 0.192. The number of carbonyl (C=O) groups is 1. The molecule has 1 aromatic heterocycles. The number of hydrogen-bond donors (Lipinski definition) is 2. The topological polar surface area (TPSA) is 76.1 Å². The van der Waals surface area contributed by atoms with Crippen molar-refractivity contribution in [2.75, 3.05) is 31.6 Å². The van der Waals surface area contributed by atoms with Crippen molar-refractivity contribution in [3.8, 4) is 0 Å². The third kappa shape index (κ3) is 4.14. The van der Waals surface area contributed by atoms with Crippen LogP contribution in [0.25, 0.3) is 0 Å². The van der Waals surface area contributed by atoms with E-state index in [9.17, 15) is 4.79 Å². The number of hydrogen-bond acceptors (Lipinski definition) is 6. The van der Waals surface area contributed by atoms with Crippen LogP contribution in [0.3, 0.4) is 0 Å². The van der Waals surface area contributed by atoms with Gasteiger partial charge in [0.1, 0.15) is 0 Å². The van der Waals surface area contributed by atoms with Crippen LogP contribution in [-0.4, -0.2) is 42.2 Å². The molecular formula is C15H24N4O2. The van der Waals surface area contributed by atoms with E-state index in [1.54, 1.807) is 13.8 Å². The van der Waals surface area contributed by atoms with Crippen LogP contribution >= 0.6 is 0 Å². The fourth-order valence-corrected chi connectivity index (χ4v) is 2.52. The van der Waals surface area contributed by atoms with Crippen molar-refractivity contribution in [3.05, 3.63) is 17.5 Å². The Morgan fingerprint density at radius 1 is 1.57 bits per heavy atom. The van der Waals surface area contributed by atoms with Crippen molar-refractivity contribution in [1.82, 2.24) is 15.3 Å². The lowest BCUT2D eigenvalue weighted by molar-refractivity contribution is 0.0524. The molecule has 2 heterocycles. The average molecular weight is 292 g/mol. The molecule has 1 saturated heterocycles. The van der Waals surface area contributed by atoms with Crippen molar-refractivity contribution in [1.29, 1.82) is 0 Å². The van der Waals surface area contributed by atoms with Crippen molar-refractivity contribution >= 4 is 11.9 Å². The summed E-state index contributed by atoms with van der Waals surface area (Å²) in [4.78, 5) is 20.3. The minimum Gasteiger partial charge on any atom is -0.462 e. The van der Waals surface area contributed by atoms with Gasteiger partial charge in [0.2, 0.25) is 5.95 Å². The molecule has 0 aliphatic carbocycles. The minimum absolute atomic E-state index is 0.218. The first kappa shape index (κ1) is 15.7. The molecule has 1 unspecified atom stereocenters. The third-order valence-electron chi connectivity index (χ3n) is 3.83. The van der Waals surface area contributed by atoms with Crippen LogP contribution in [-0.2, 0) is 4.74 Å². The molecule has 116 valence electrons. The molecule has 1 fully saturated rings.